The second-order valence-corrected chi connectivity index (χ2v) is 2.94. The summed E-state index contributed by atoms with van der Waals surface area (Å²) < 4.78 is 18.1. The lowest BCUT2D eigenvalue weighted by Gasteiger charge is -1.98. The predicted octanol–water partition coefficient (Wildman–Crippen LogP) is 2.44. The van der Waals surface area contributed by atoms with Gasteiger partial charge in [0.1, 0.15) is 11.6 Å². The summed E-state index contributed by atoms with van der Waals surface area (Å²) in [5.74, 6) is 0.317. The van der Waals surface area contributed by atoms with Gasteiger partial charge in [0.25, 0.3) is 0 Å². The zero-order chi connectivity index (χ0) is 7.56. The molecule has 0 saturated heterocycles. The highest BCUT2D eigenvalue weighted by atomic mass is 127. The summed E-state index contributed by atoms with van der Waals surface area (Å²) in [4.78, 5) is 0. The molecular formula is C7H6FIO. The molecule has 0 fully saturated rings. The molecule has 1 aromatic carbocycles. The molecule has 10 heavy (non-hydrogen) atoms. The van der Waals surface area contributed by atoms with Gasteiger partial charge in [-0.05, 0) is 34.7 Å². The lowest BCUT2D eigenvalue weighted by Crippen LogP contribution is -1.85. The summed E-state index contributed by atoms with van der Waals surface area (Å²) in [6, 6.07) is 4.77. The first-order chi connectivity index (χ1) is 4.74. The third kappa shape index (κ3) is 1.59. The van der Waals surface area contributed by atoms with Crippen LogP contribution in [0.5, 0.6) is 5.75 Å². The van der Waals surface area contributed by atoms with Gasteiger partial charge in [0, 0.05) is 9.64 Å². The van der Waals surface area contributed by atoms with Crippen LogP contribution >= 0.6 is 22.6 Å². The van der Waals surface area contributed by atoms with Crippen molar-refractivity contribution in [3.63, 3.8) is 0 Å². The van der Waals surface area contributed by atoms with E-state index in [2.05, 4.69) is 0 Å². The van der Waals surface area contributed by atoms with Crippen LogP contribution in [0.1, 0.15) is 0 Å². The molecule has 1 aromatic rings. The van der Waals surface area contributed by atoms with E-state index < -0.39 is 0 Å². The minimum absolute atomic E-state index is 0.236. The number of halogens is 2. The molecule has 0 spiro atoms. The maximum Gasteiger partial charge on any atom is 0.140 e. The van der Waals surface area contributed by atoms with E-state index in [1.165, 1.54) is 13.2 Å². The highest BCUT2D eigenvalue weighted by Gasteiger charge is 1.98. The van der Waals surface area contributed by atoms with Gasteiger partial charge in [-0.25, -0.2) is 4.39 Å². The van der Waals surface area contributed by atoms with Gasteiger partial charge in [-0.1, -0.05) is 0 Å². The molecule has 0 aliphatic rings. The zero-order valence-electron chi connectivity index (χ0n) is 5.40. The topological polar surface area (TPSA) is 9.23 Å². The van der Waals surface area contributed by atoms with E-state index >= 15 is 0 Å². The first kappa shape index (κ1) is 7.78. The van der Waals surface area contributed by atoms with E-state index in [1.807, 2.05) is 22.6 Å². The second-order valence-electron chi connectivity index (χ2n) is 1.78. The van der Waals surface area contributed by atoms with E-state index in [0.717, 1.165) is 0 Å². The van der Waals surface area contributed by atoms with Crippen molar-refractivity contribution in [1.29, 1.82) is 0 Å². The lowest BCUT2D eigenvalue weighted by molar-refractivity contribution is 0.411. The van der Waals surface area contributed by atoms with Crippen molar-refractivity contribution in [3.05, 3.63) is 27.6 Å². The number of hydrogen-bond acceptors (Lipinski definition) is 1. The lowest BCUT2D eigenvalue weighted by atomic mass is 10.3. The molecule has 0 radical (unpaired) electrons. The van der Waals surface area contributed by atoms with Crippen LogP contribution in [0.2, 0.25) is 0 Å². The third-order valence-electron chi connectivity index (χ3n) is 1.13. The maximum atomic E-state index is 12.7. The Labute approximate surface area is 72.3 Å². The average molecular weight is 252 g/mol. The second kappa shape index (κ2) is 3.18. The summed E-state index contributed by atoms with van der Waals surface area (Å²) in [7, 11) is 1.52. The predicted molar refractivity (Wildman–Crippen MR) is 45.7 cm³/mol. The molecule has 0 bridgehead atoms. The highest BCUT2D eigenvalue weighted by Crippen LogP contribution is 2.16. The molecule has 0 heterocycles. The summed E-state index contributed by atoms with van der Waals surface area (Å²) >= 11 is 1.93. The van der Waals surface area contributed by atoms with Gasteiger partial charge >= 0.3 is 0 Å². The Morgan fingerprint density at radius 2 is 2.20 bits per heavy atom. The average Bonchev–Trinajstić information content (AvgIpc) is 1.95. The smallest absolute Gasteiger partial charge is 0.140 e. The van der Waals surface area contributed by atoms with Crippen molar-refractivity contribution >= 4 is 22.6 Å². The number of rotatable bonds is 1. The van der Waals surface area contributed by atoms with Crippen LogP contribution in [0.25, 0.3) is 0 Å². The monoisotopic (exact) mass is 252 g/mol. The molecular weight excluding hydrogens is 246 g/mol. The molecule has 0 aliphatic heterocycles. The Bertz CT molecular complexity index is 237. The standard InChI is InChI=1S/C7H6FIO/c1-10-5-2-3-7(9)6(8)4-5/h2-4H,1H3. The van der Waals surface area contributed by atoms with E-state index in [1.54, 1.807) is 12.1 Å². The Morgan fingerprint density at radius 1 is 1.50 bits per heavy atom. The number of benzene rings is 1. The summed E-state index contributed by atoms with van der Waals surface area (Å²) in [6.07, 6.45) is 0. The zero-order valence-corrected chi connectivity index (χ0v) is 7.55. The molecule has 0 amide bonds. The van der Waals surface area contributed by atoms with Crippen LogP contribution in [0.4, 0.5) is 4.39 Å². The molecule has 0 unspecified atom stereocenters. The number of hydrogen-bond donors (Lipinski definition) is 0. The van der Waals surface area contributed by atoms with Gasteiger partial charge in [0.2, 0.25) is 0 Å². The van der Waals surface area contributed by atoms with Gasteiger partial charge in [0.15, 0.2) is 0 Å². The molecule has 3 heteroatoms. The normalized spacial score (nSPS) is 9.50. The maximum absolute atomic E-state index is 12.7. The van der Waals surface area contributed by atoms with Gasteiger partial charge < -0.3 is 4.74 Å². The van der Waals surface area contributed by atoms with Crippen molar-refractivity contribution in [1.82, 2.24) is 0 Å². The van der Waals surface area contributed by atoms with Gasteiger partial charge in [0.05, 0.1) is 7.11 Å². The van der Waals surface area contributed by atoms with E-state index in [9.17, 15) is 4.39 Å². The first-order valence-electron chi connectivity index (χ1n) is 2.73. The Balaban J connectivity index is 3.04. The summed E-state index contributed by atoms with van der Waals surface area (Å²) in [5, 5.41) is 0. The summed E-state index contributed by atoms with van der Waals surface area (Å²) in [5.41, 5.74) is 0. The molecule has 0 aliphatic carbocycles. The molecule has 0 N–H and O–H groups in total. The largest absolute Gasteiger partial charge is 0.497 e. The fraction of sp³-hybridized carbons (Fsp3) is 0.143. The molecule has 1 rings (SSSR count). The minimum Gasteiger partial charge on any atom is -0.497 e. The van der Waals surface area contributed by atoms with Gasteiger partial charge in [-0.3, -0.25) is 0 Å². The molecule has 1 nitrogen and oxygen atoms in total. The molecule has 0 saturated carbocycles. The van der Waals surface area contributed by atoms with Crippen molar-refractivity contribution in [3.8, 4) is 5.75 Å². The van der Waals surface area contributed by atoms with Crippen LogP contribution < -0.4 is 4.74 Å². The minimum atomic E-state index is -0.236. The van der Waals surface area contributed by atoms with E-state index in [4.69, 9.17) is 4.74 Å². The molecule has 0 atom stereocenters. The quantitative estimate of drug-likeness (QED) is 0.697. The van der Waals surface area contributed by atoms with Crippen molar-refractivity contribution in [2.75, 3.05) is 7.11 Å². The van der Waals surface area contributed by atoms with Gasteiger partial charge in [-0.2, -0.15) is 0 Å². The van der Waals surface area contributed by atoms with Crippen LogP contribution in [-0.4, -0.2) is 7.11 Å². The van der Waals surface area contributed by atoms with Crippen LogP contribution in [-0.2, 0) is 0 Å². The number of ether oxygens (including phenoxy) is 1. The van der Waals surface area contributed by atoms with Crippen LogP contribution in [0.15, 0.2) is 18.2 Å². The van der Waals surface area contributed by atoms with Crippen molar-refractivity contribution in [2.24, 2.45) is 0 Å². The Hall–Kier alpha value is -0.320. The van der Waals surface area contributed by atoms with Crippen LogP contribution in [0.3, 0.4) is 0 Å². The van der Waals surface area contributed by atoms with Crippen molar-refractivity contribution < 1.29 is 9.13 Å². The third-order valence-corrected chi connectivity index (χ3v) is 2.00. The first-order valence-corrected chi connectivity index (χ1v) is 3.81. The highest BCUT2D eigenvalue weighted by molar-refractivity contribution is 14.1. The fourth-order valence-electron chi connectivity index (χ4n) is 0.604. The van der Waals surface area contributed by atoms with Crippen molar-refractivity contribution in [2.45, 2.75) is 0 Å². The fourth-order valence-corrected chi connectivity index (χ4v) is 0.939. The summed E-state index contributed by atoms with van der Waals surface area (Å²) in [6.45, 7) is 0. The van der Waals surface area contributed by atoms with E-state index in [0.29, 0.717) is 9.32 Å². The Kier molecular flexibility index (Phi) is 2.48. The van der Waals surface area contributed by atoms with Gasteiger partial charge in [-0.15, -0.1) is 0 Å². The van der Waals surface area contributed by atoms with Crippen LogP contribution in [0, 0.1) is 9.39 Å². The molecule has 54 valence electrons. The number of methoxy groups -OCH3 is 1. The Morgan fingerprint density at radius 3 is 2.70 bits per heavy atom. The van der Waals surface area contributed by atoms with E-state index in [-0.39, 0.29) is 5.82 Å². The molecule has 0 aromatic heterocycles. The SMILES string of the molecule is COc1ccc(I)c(F)c1.